The molecule has 0 aliphatic heterocycles. The topological polar surface area (TPSA) is 0 Å². The Morgan fingerprint density at radius 1 is 0.619 bits per heavy atom. The van der Waals surface area contributed by atoms with E-state index >= 15 is 0 Å². The monoisotopic (exact) mass is 316 g/mol. The van der Waals surface area contributed by atoms with Gasteiger partial charge in [-0.2, -0.15) is 0 Å². The van der Waals surface area contributed by atoms with Crippen LogP contribution in [0.4, 0.5) is 0 Å². The van der Waals surface area contributed by atoms with Crippen molar-refractivity contribution in [1.82, 2.24) is 0 Å². The van der Waals surface area contributed by atoms with Crippen molar-refractivity contribution < 1.29 is 28.6 Å². The third-order valence-electron chi connectivity index (χ3n) is 3.96. The first-order chi connectivity index (χ1) is 9.42. The van der Waals surface area contributed by atoms with Gasteiger partial charge in [0.05, 0.1) is 0 Å². The Hall–Kier alpha value is -1.51. The van der Waals surface area contributed by atoms with Gasteiger partial charge in [-0.1, -0.05) is 0 Å². The third kappa shape index (κ3) is 2.79. The maximum absolute atomic E-state index is 2.42. The van der Waals surface area contributed by atoms with Crippen LogP contribution in [0.3, 0.4) is 0 Å². The molecule has 2 unspecified atom stereocenters. The Bertz CT molecular complexity index is 632. The second-order valence-electron chi connectivity index (χ2n) is 5.10. The summed E-state index contributed by atoms with van der Waals surface area (Å²) in [6.07, 6.45) is 9.43. The summed E-state index contributed by atoms with van der Waals surface area (Å²) in [5.41, 5.74) is 5.93. The molecule has 0 heterocycles. The van der Waals surface area contributed by atoms with Crippen molar-refractivity contribution in [3.8, 4) is 0 Å². The first kappa shape index (κ1) is 15.9. The molecule has 0 aromatic heterocycles. The molecule has 0 amide bonds. The van der Waals surface area contributed by atoms with E-state index < -0.39 is 0 Å². The van der Waals surface area contributed by atoms with Gasteiger partial charge in [-0.3, -0.25) is 0 Å². The second-order valence-corrected chi connectivity index (χ2v) is 7.56. The molecule has 3 heteroatoms. The van der Waals surface area contributed by atoms with Crippen molar-refractivity contribution >= 4 is 12.2 Å². The van der Waals surface area contributed by atoms with Crippen LogP contribution in [0.2, 0.25) is 0 Å². The van der Waals surface area contributed by atoms with E-state index in [2.05, 4.69) is 72.8 Å². The molecule has 2 aromatic carbocycles. The maximum atomic E-state index is 2.42. The first-order valence-electron chi connectivity index (χ1n) is 6.72. The molecular formula is C18H14F2Ti. The summed E-state index contributed by atoms with van der Waals surface area (Å²) >= 11 is -0.0859. The molecule has 0 fully saturated rings. The van der Waals surface area contributed by atoms with Gasteiger partial charge in [0.1, 0.15) is 0 Å². The van der Waals surface area contributed by atoms with Crippen LogP contribution in [-0.4, -0.2) is 0 Å². The fraction of sp³-hybridized carbons (Fsp3) is 0.111. The van der Waals surface area contributed by atoms with Gasteiger partial charge in [-0.05, 0) is 0 Å². The van der Waals surface area contributed by atoms with Gasteiger partial charge >= 0.3 is 123 Å². The average molecular weight is 316 g/mol. The smallest absolute Gasteiger partial charge is 1.00 e. The van der Waals surface area contributed by atoms with E-state index in [0.29, 0.717) is 8.45 Å². The Morgan fingerprint density at radius 3 is 1.52 bits per heavy atom. The van der Waals surface area contributed by atoms with Crippen molar-refractivity contribution in [1.29, 1.82) is 0 Å². The number of allylic oxidation sites excluding steroid dienone is 2. The molecular weight excluding hydrogens is 302 g/mol. The van der Waals surface area contributed by atoms with Crippen molar-refractivity contribution in [2.75, 3.05) is 0 Å². The Balaban J connectivity index is 0.000000807. The minimum atomic E-state index is -0.0859. The number of rotatable bonds is 2. The summed E-state index contributed by atoms with van der Waals surface area (Å²) in [6.45, 7) is 0. The molecule has 0 saturated heterocycles. The molecule has 0 spiro atoms. The zero-order valence-corrected chi connectivity index (χ0v) is 12.9. The van der Waals surface area contributed by atoms with Crippen LogP contribution in [0.5, 0.6) is 0 Å². The van der Waals surface area contributed by atoms with Gasteiger partial charge in [0.2, 0.25) is 0 Å². The zero-order valence-electron chi connectivity index (χ0n) is 11.3. The summed E-state index contributed by atoms with van der Waals surface area (Å²) in [5.74, 6) is 0. The number of hydrogen-bond donors (Lipinski definition) is 0. The maximum Gasteiger partial charge on any atom is -1.00 e. The molecule has 0 saturated carbocycles. The molecule has 0 radical (unpaired) electrons. The quantitative estimate of drug-likeness (QED) is 0.599. The van der Waals surface area contributed by atoms with Gasteiger partial charge in [0.15, 0.2) is 0 Å². The predicted octanol–water partition coefficient (Wildman–Crippen LogP) is -1.39. The van der Waals surface area contributed by atoms with Gasteiger partial charge in [0, 0.05) is 0 Å². The zero-order chi connectivity index (χ0) is 12.7. The van der Waals surface area contributed by atoms with E-state index in [1.165, 1.54) is 11.1 Å². The molecule has 104 valence electrons. The van der Waals surface area contributed by atoms with Crippen LogP contribution in [0.25, 0.3) is 12.2 Å². The third-order valence-corrected chi connectivity index (χ3v) is 6.65. The van der Waals surface area contributed by atoms with Crippen LogP contribution in [0.15, 0.2) is 60.7 Å². The average Bonchev–Trinajstić information content (AvgIpc) is 3.05. The van der Waals surface area contributed by atoms with E-state index in [-0.39, 0.29) is 28.6 Å². The van der Waals surface area contributed by atoms with Crippen LogP contribution in [-0.2, 0) is 19.2 Å². The largest absolute Gasteiger partial charge is 1.00 e. The number of benzene rings is 2. The van der Waals surface area contributed by atoms with Crippen molar-refractivity contribution in [2.24, 2.45) is 0 Å². The van der Waals surface area contributed by atoms with Gasteiger partial charge < -0.3 is 9.41 Å². The molecule has 0 nitrogen and oxygen atoms in total. The summed E-state index contributed by atoms with van der Waals surface area (Å²) in [6, 6.07) is 17.7. The SMILES string of the molecule is C1=C[CH]([Ti+2][CH]2C=Cc3ccccc32)c2ccccc21.[F-].[F-]. The fourth-order valence-electron chi connectivity index (χ4n) is 2.98. The van der Waals surface area contributed by atoms with Crippen LogP contribution in [0, 0.1) is 0 Å². The Labute approximate surface area is 132 Å². The second kappa shape index (κ2) is 6.51. The van der Waals surface area contributed by atoms with E-state index in [9.17, 15) is 0 Å². The normalized spacial score (nSPS) is 20.0. The summed E-state index contributed by atoms with van der Waals surface area (Å²) in [5, 5.41) is 0. The van der Waals surface area contributed by atoms with E-state index in [0.717, 1.165) is 0 Å². The molecule has 2 atom stereocenters. The number of halogens is 2. The molecule has 2 aliphatic carbocycles. The van der Waals surface area contributed by atoms with Crippen molar-refractivity contribution in [2.45, 2.75) is 8.45 Å². The fourth-order valence-corrected chi connectivity index (χ4v) is 5.62. The molecule has 21 heavy (non-hydrogen) atoms. The van der Waals surface area contributed by atoms with Gasteiger partial charge in [-0.15, -0.1) is 0 Å². The van der Waals surface area contributed by atoms with Crippen LogP contribution >= 0.6 is 0 Å². The minimum absolute atomic E-state index is 0. The summed E-state index contributed by atoms with van der Waals surface area (Å²) < 4.78 is 1.38. The Kier molecular flexibility index (Phi) is 4.92. The minimum Gasteiger partial charge on any atom is -1.00 e. The van der Waals surface area contributed by atoms with E-state index in [1.807, 2.05) is 0 Å². The number of hydrogen-bond acceptors (Lipinski definition) is 0. The first-order valence-corrected chi connectivity index (χ1v) is 8.52. The molecule has 2 aromatic rings. The van der Waals surface area contributed by atoms with Crippen molar-refractivity contribution in [3.05, 3.63) is 82.9 Å². The number of fused-ring (bicyclic) bond motifs is 2. The Morgan fingerprint density at radius 2 is 1.05 bits per heavy atom. The molecule has 0 N–H and O–H groups in total. The van der Waals surface area contributed by atoms with E-state index in [4.69, 9.17) is 0 Å². The van der Waals surface area contributed by atoms with Crippen molar-refractivity contribution in [3.63, 3.8) is 0 Å². The molecule has 0 bridgehead atoms. The van der Waals surface area contributed by atoms with Gasteiger partial charge in [0.25, 0.3) is 0 Å². The standard InChI is InChI=1S/2C9H7.2FH.Ti/c2*1-2-5-9-7-3-6-8(9)4-1;;;/h2*1-7H;2*1H;/q;;;;+2/p-2. The molecule has 2 aliphatic rings. The van der Waals surface area contributed by atoms with Crippen LogP contribution < -0.4 is 9.41 Å². The van der Waals surface area contributed by atoms with Crippen LogP contribution in [0.1, 0.15) is 30.7 Å². The van der Waals surface area contributed by atoms with Gasteiger partial charge in [-0.25, -0.2) is 0 Å². The summed E-state index contributed by atoms with van der Waals surface area (Å²) in [7, 11) is 0. The molecule has 4 rings (SSSR count). The van der Waals surface area contributed by atoms with E-state index in [1.54, 1.807) is 11.1 Å². The predicted molar refractivity (Wildman–Crippen MR) is 76.4 cm³/mol. The summed E-state index contributed by atoms with van der Waals surface area (Å²) in [4.78, 5) is 0.